The van der Waals surface area contributed by atoms with E-state index < -0.39 is 5.97 Å². The first kappa shape index (κ1) is 12.8. The first-order chi connectivity index (χ1) is 9.24. The van der Waals surface area contributed by atoms with Gasteiger partial charge in [0.2, 0.25) is 0 Å². The van der Waals surface area contributed by atoms with E-state index in [2.05, 4.69) is 4.98 Å². The Balaban J connectivity index is 1.94. The summed E-state index contributed by atoms with van der Waals surface area (Å²) in [5.41, 5.74) is 1.67. The molecule has 0 aliphatic rings. The minimum absolute atomic E-state index is 0.408. The van der Waals surface area contributed by atoms with Crippen LogP contribution in [0.25, 0.3) is 6.08 Å². The summed E-state index contributed by atoms with van der Waals surface area (Å²) in [4.78, 5) is 14.5. The third-order valence-corrected chi connectivity index (χ3v) is 2.41. The number of ether oxygens (including phenoxy) is 1. The van der Waals surface area contributed by atoms with E-state index in [0.29, 0.717) is 6.61 Å². The molecule has 19 heavy (non-hydrogen) atoms. The van der Waals surface area contributed by atoms with Crippen LogP contribution >= 0.6 is 0 Å². The third-order valence-electron chi connectivity index (χ3n) is 2.41. The van der Waals surface area contributed by atoms with Crippen LogP contribution in [0.4, 0.5) is 0 Å². The van der Waals surface area contributed by atoms with Gasteiger partial charge in [-0.2, -0.15) is 0 Å². The SMILES string of the molecule is O=C(O)C=Cc1ccc(OCc2ccccn2)cc1. The number of benzene rings is 1. The van der Waals surface area contributed by atoms with Gasteiger partial charge in [-0.1, -0.05) is 18.2 Å². The monoisotopic (exact) mass is 255 g/mol. The van der Waals surface area contributed by atoms with Gasteiger partial charge in [-0.15, -0.1) is 0 Å². The molecule has 0 bridgehead atoms. The lowest BCUT2D eigenvalue weighted by atomic mass is 10.2. The van der Waals surface area contributed by atoms with Crippen molar-refractivity contribution in [3.63, 3.8) is 0 Å². The molecule has 1 heterocycles. The summed E-state index contributed by atoms with van der Waals surface area (Å²) in [5, 5.41) is 8.52. The van der Waals surface area contributed by atoms with Gasteiger partial charge in [-0.3, -0.25) is 4.98 Å². The van der Waals surface area contributed by atoms with E-state index in [-0.39, 0.29) is 0 Å². The number of aliphatic carboxylic acids is 1. The molecule has 0 amide bonds. The van der Waals surface area contributed by atoms with Crippen LogP contribution in [0.5, 0.6) is 5.75 Å². The Bertz CT molecular complexity index is 562. The summed E-state index contributed by atoms with van der Waals surface area (Å²) in [7, 11) is 0. The van der Waals surface area contributed by atoms with Gasteiger partial charge in [0.25, 0.3) is 0 Å². The van der Waals surface area contributed by atoms with Crippen molar-refractivity contribution in [3.05, 3.63) is 66.0 Å². The van der Waals surface area contributed by atoms with E-state index >= 15 is 0 Å². The Morgan fingerprint density at radius 1 is 1.21 bits per heavy atom. The Kier molecular flexibility index (Phi) is 4.29. The van der Waals surface area contributed by atoms with Gasteiger partial charge >= 0.3 is 5.97 Å². The van der Waals surface area contributed by atoms with Crippen LogP contribution in [0.15, 0.2) is 54.7 Å². The van der Waals surface area contributed by atoms with Crippen molar-refractivity contribution in [1.29, 1.82) is 0 Å². The number of carboxylic acid groups (broad SMARTS) is 1. The normalized spacial score (nSPS) is 10.5. The van der Waals surface area contributed by atoms with Crippen molar-refractivity contribution in [2.24, 2.45) is 0 Å². The van der Waals surface area contributed by atoms with Crippen LogP contribution in [0.3, 0.4) is 0 Å². The standard InChI is InChI=1S/C15H13NO3/c17-15(18)9-6-12-4-7-14(8-5-12)19-11-13-3-1-2-10-16-13/h1-10H,11H2,(H,17,18). The molecule has 0 spiro atoms. The maximum absolute atomic E-state index is 10.4. The number of carbonyl (C=O) groups is 1. The zero-order chi connectivity index (χ0) is 13.5. The Morgan fingerprint density at radius 2 is 2.00 bits per heavy atom. The second-order valence-corrected chi connectivity index (χ2v) is 3.85. The summed E-state index contributed by atoms with van der Waals surface area (Å²) in [6.07, 6.45) is 4.35. The lowest BCUT2D eigenvalue weighted by Gasteiger charge is -2.05. The smallest absolute Gasteiger partial charge is 0.328 e. The van der Waals surface area contributed by atoms with Gasteiger partial charge in [0.05, 0.1) is 5.69 Å². The molecule has 2 rings (SSSR count). The Hall–Kier alpha value is -2.62. The van der Waals surface area contributed by atoms with Crippen LogP contribution in [0.1, 0.15) is 11.3 Å². The van der Waals surface area contributed by atoms with Gasteiger partial charge in [-0.05, 0) is 35.9 Å². The number of rotatable bonds is 5. The van der Waals surface area contributed by atoms with Crippen LogP contribution in [-0.4, -0.2) is 16.1 Å². The number of nitrogens with zero attached hydrogens (tertiary/aromatic N) is 1. The topological polar surface area (TPSA) is 59.4 Å². The fourth-order valence-electron chi connectivity index (χ4n) is 1.48. The van der Waals surface area contributed by atoms with Crippen molar-refractivity contribution < 1.29 is 14.6 Å². The van der Waals surface area contributed by atoms with Gasteiger partial charge in [0, 0.05) is 12.3 Å². The maximum Gasteiger partial charge on any atom is 0.328 e. The summed E-state index contributed by atoms with van der Waals surface area (Å²) in [6, 6.07) is 12.8. The van der Waals surface area contributed by atoms with E-state index in [9.17, 15) is 4.79 Å². The molecule has 0 saturated carbocycles. The molecule has 1 aromatic carbocycles. The average molecular weight is 255 g/mol. The average Bonchev–Trinajstić information content (AvgIpc) is 2.45. The van der Waals surface area contributed by atoms with Crippen molar-refractivity contribution >= 4 is 12.0 Å². The minimum Gasteiger partial charge on any atom is -0.487 e. The lowest BCUT2D eigenvalue weighted by molar-refractivity contribution is -0.131. The molecule has 0 radical (unpaired) electrons. The zero-order valence-electron chi connectivity index (χ0n) is 10.2. The summed E-state index contributed by atoms with van der Waals surface area (Å²) < 4.78 is 5.57. The maximum atomic E-state index is 10.4. The number of aromatic nitrogens is 1. The van der Waals surface area contributed by atoms with Gasteiger partial charge in [-0.25, -0.2) is 4.79 Å². The molecule has 4 nitrogen and oxygen atoms in total. The van der Waals surface area contributed by atoms with Crippen LogP contribution < -0.4 is 4.74 Å². The lowest BCUT2D eigenvalue weighted by Crippen LogP contribution is -1.97. The highest BCUT2D eigenvalue weighted by molar-refractivity contribution is 5.85. The highest BCUT2D eigenvalue weighted by Crippen LogP contribution is 2.14. The Morgan fingerprint density at radius 3 is 2.63 bits per heavy atom. The summed E-state index contributed by atoms with van der Waals surface area (Å²) in [6.45, 7) is 0.408. The zero-order valence-corrected chi connectivity index (χ0v) is 10.2. The predicted molar refractivity (Wildman–Crippen MR) is 71.7 cm³/mol. The third kappa shape index (κ3) is 4.27. The summed E-state index contributed by atoms with van der Waals surface area (Å²) in [5.74, 6) is -0.242. The molecule has 0 saturated heterocycles. The van der Waals surface area contributed by atoms with E-state index in [1.807, 2.05) is 18.2 Å². The van der Waals surface area contributed by atoms with Crippen molar-refractivity contribution in [2.45, 2.75) is 6.61 Å². The second kappa shape index (κ2) is 6.35. The van der Waals surface area contributed by atoms with Crippen LogP contribution in [-0.2, 0) is 11.4 Å². The molecule has 0 unspecified atom stereocenters. The molecule has 2 aromatic rings. The predicted octanol–water partition coefficient (Wildman–Crippen LogP) is 2.76. The van der Waals surface area contributed by atoms with Crippen LogP contribution in [0, 0.1) is 0 Å². The fourth-order valence-corrected chi connectivity index (χ4v) is 1.48. The minimum atomic E-state index is -0.963. The van der Waals surface area contributed by atoms with Crippen molar-refractivity contribution in [2.75, 3.05) is 0 Å². The Labute approximate surface area is 111 Å². The van der Waals surface area contributed by atoms with E-state index in [1.165, 1.54) is 6.08 Å². The molecule has 0 aliphatic heterocycles. The molecule has 1 aromatic heterocycles. The highest BCUT2D eigenvalue weighted by atomic mass is 16.5. The molecule has 96 valence electrons. The molecular weight excluding hydrogens is 242 g/mol. The quantitative estimate of drug-likeness (QED) is 0.834. The van der Waals surface area contributed by atoms with Crippen molar-refractivity contribution in [3.8, 4) is 5.75 Å². The first-order valence-electron chi connectivity index (χ1n) is 5.78. The first-order valence-corrected chi connectivity index (χ1v) is 5.78. The molecule has 0 aliphatic carbocycles. The number of hydrogen-bond donors (Lipinski definition) is 1. The van der Waals surface area contributed by atoms with Gasteiger partial charge < -0.3 is 9.84 Å². The van der Waals surface area contributed by atoms with Crippen molar-refractivity contribution in [1.82, 2.24) is 4.98 Å². The number of carboxylic acids is 1. The molecule has 0 fully saturated rings. The van der Waals surface area contributed by atoms with E-state index in [1.54, 1.807) is 30.5 Å². The molecule has 1 N–H and O–H groups in total. The van der Waals surface area contributed by atoms with Crippen LogP contribution in [0.2, 0.25) is 0 Å². The van der Waals surface area contributed by atoms with E-state index in [0.717, 1.165) is 23.1 Å². The molecular formula is C15H13NO3. The molecule has 4 heteroatoms. The largest absolute Gasteiger partial charge is 0.487 e. The fraction of sp³-hybridized carbons (Fsp3) is 0.0667. The number of hydrogen-bond acceptors (Lipinski definition) is 3. The molecule has 0 atom stereocenters. The summed E-state index contributed by atoms with van der Waals surface area (Å²) >= 11 is 0. The number of pyridine rings is 1. The van der Waals surface area contributed by atoms with E-state index in [4.69, 9.17) is 9.84 Å². The second-order valence-electron chi connectivity index (χ2n) is 3.85. The van der Waals surface area contributed by atoms with Gasteiger partial charge in [0.1, 0.15) is 12.4 Å². The van der Waals surface area contributed by atoms with Gasteiger partial charge in [0.15, 0.2) is 0 Å². The highest BCUT2D eigenvalue weighted by Gasteiger charge is 1.96.